The highest BCUT2D eigenvalue weighted by Crippen LogP contribution is 2.40. The minimum atomic E-state index is 0.495. The van der Waals surface area contributed by atoms with Crippen LogP contribution in [0.2, 0.25) is 5.02 Å². The fourth-order valence-corrected chi connectivity index (χ4v) is 4.14. The van der Waals surface area contributed by atoms with Gasteiger partial charge in [-0.3, -0.25) is 0 Å². The molecule has 3 heteroatoms. The molecule has 110 valence electrons. The van der Waals surface area contributed by atoms with Gasteiger partial charge in [0.2, 0.25) is 0 Å². The van der Waals surface area contributed by atoms with Crippen molar-refractivity contribution in [3.63, 3.8) is 0 Å². The first-order valence-corrected chi connectivity index (χ1v) is 8.54. The maximum atomic E-state index is 6.02. The Morgan fingerprint density at radius 2 is 1.86 bits per heavy atom. The summed E-state index contributed by atoms with van der Waals surface area (Å²) in [4.78, 5) is 0. The van der Waals surface area contributed by atoms with Crippen molar-refractivity contribution >= 4 is 27.5 Å². The number of hydrogen-bond acceptors (Lipinski definition) is 1. The summed E-state index contributed by atoms with van der Waals surface area (Å²) >= 11 is 9.78. The average Bonchev–Trinajstić information content (AvgIpc) is 2.48. The Hall–Kier alpha value is -0.830. The van der Waals surface area contributed by atoms with Crippen LogP contribution in [0.25, 0.3) is 0 Å². The van der Waals surface area contributed by atoms with Crippen molar-refractivity contribution in [1.29, 1.82) is 0 Å². The summed E-state index contributed by atoms with van der Waals surface area (Å²) in [5, 5.41) is 4.33. The first kappa shape index (κ1) is 15.1. The molecule has 1 nitrogen and oxygen atoms in total. The molecule has 0 saturated carbocycles. The second kappa shape index (κ2) is 6.51. The van der Waals surface area contributed by atoms with E-state index in [1.807, 2.05) is 12.1 Å². The number of benzene rings is 2. The molecule has 2 atom stereocenters. The highest BCUT2D eigenvalue weighted by atomic mass is 79.9. The van der Waals surface area contributed by atoms with Gasteiger partial charge in [0.1, 0.15) is 0 Å². The van der Waals surface area contributed by atoms with Gasteiger partial charge in [-0.25, -0.2) is 0 Å². The van der Waals surface area contributed by atoms with Crippen LogP contribution in [0.5, 0.6) is 0 Å². The molecule has 3 rings (SSSR count). The second-order valence-electron chi connectivity index (χ2n) is 5.78. The van der Waals surface area contributed by atoms with E-state index >= 15 is 0 Å². The Kier molecular flexibility index (Phi) is 4.68. The highest BCUT2D eigenvalue weighted by molar-refractivity contribution is 9.10. The molecule has 21 heavy (non-hydrogen) atoms. The zero-order valence-electron chi connectivity index (χ0n) is 12.1. The van der Waals surface area contributed by atoms with E-state index in [1.165, 1.54) is 21.2 Å². The van der Waals surface area contributed by atoms with Crippen LogP contribution in [0.3, 0.4) is 0 Å². The summed E-state index contributed by atoms with van der Waals surface area (Å²) in [6.07, 6.45) is 1.16. The largest absolute Gasteiger partial charge is 0.316 e. The normalized spacial score (nSPS) is 22.2. The molecule has 0 amide bonds. The van der Waals surface area contributed by atoms with E-state index in [1.54, 1.807) is 0 Å². The molecule has 1 N–H and O–H groups in total. The Balaban J connectivity index is 1.96. The van der Waals surface area contributed by atoms with Gasteiger partial charge in [0.25, 0.3) is 0 Å². The van der Waals surface area contributed by atoms with Crippen LogP contribution >= 0.6 is 27.5 Å². The van der Waals surface area contributed by atoms with Gasteiger partial charge >= 0.3 is 0 Å². The van der Waals surface area contributed by atoms with Gasteiger partial charge in [-0.2, -0.15) is 0 Å². The number of rotatable bonds is 2. The third-order valence-corrected chi connectivity index (χ3v) is 5.27. The summed E-state index contributed by atoms with van der Waals surface area (Å²) in [6.45, 7) is 4.23. The summed E-state index contributed by atoms with van der Waals surface area (Å²) < 4.78 is 1.23. The lowest BCUT2D eigenvalue weighted by Crippen LogP contribution is -2.34. The zero-order valence-corrected chi connectivity index (χ0v) is 14.4. The topological polar surface area (TPSA) is 12.0 Å². The van der Waals surface area contributed by atoms with Gasteiger partial charge in [-0.15, -0.1) is 0 Å². The van der Waals surface area contributed by atoms with Crippen molar-refractivity contribution in [2.75, 3.05) is 13.1 Å². The lowest BCUT2D eigenvalue weighted by atomic mass is 9.77. The number of halogens is 2. The minimum absolute atomic E-state index is 0.495. The lowest BCUT2D eigenvalue weighted by Gasteiger charge is -2.33. The first-order valence-electron chi connectivity index (χ1n) is 7.37. The fourth-order valence-electron chi connectivity index (χ4n) is 3.22. The van der Waals surface area contributed by atoms with Crippen LogP contribution in [0.1, 0.15) is 34.9 Å². The van der Waals surface area contributed by atoms with Crippen LogP contribution in [-0.4, -0.2) is 13.1 Å². The van der Waals surface area contributed by atoms with E-state index in [0.717, 1.165) is 24.5 Å². The van der Waals surface area contributed by atoms with Gasteiger partial charge in [-0.1, -0.05) is 51.8 Å². The highest BCUT2D eigenvalue weighted by Gasteiger charge is 2.28. The van der Waals surface area contributed by atoms with E-state index < -0.39 is 0 Å². The number of hydrogen-bond donors (Lipinski definition) is 1. The smallest absolute Gasteiger partial charge is 0.0406 e. The maximum Gasteiger partial charge on any atom is 0.0406 e. The quantitative estimate of drug-likeness (QED) is 0.765. The zero-order chi connectivity index (χ0) is 14.8. The molecule has 2 aromatic rings. The Morgan fingerprint density at radius 3 is 2.57 bits per heavy atom. The molecule has 1 saturated heterocycles. The molecule has 0 aromatic heterocycles. The van der Waals surface area contributed by atoms with E-state index in [-0.39, 0.29) is 0 Å². The van der Waals surface area contributed by atoms with E-state index in [4.69, 9.17) is 11.6 Å². The summed E-state index contributed by atoms with van der Waals surface area (Å²) in [7, 11) is 0. The first-order chi connectivity index (χ1) is 10.1. The van der Waals surface area contributed by atoms with E-state index in [9.17, 15) is 0 Å². The molecule has 0 aliphatic carbocycles. The number of piperidine rings is 1. The van der Waals surface area contributed by atoms with Crippen LogP contribution in [0.15, 0.2) is 46.9 Å². The molecule has 2 unspecified atom stereocenters. The molecule has 0 spiro atoms. The third kappa shape index (κ3) is 3.33. The number of nitrogens with one attached hydrogen (secondary N) is 1. The maximum absolute atomic E-state index is 6.02. The van der Waals surface area contributed by atoms with Gasteiger partial charge < -0.3 is 5.32 Å². The van der Waals surface area contributed by atoms with Crippen molar-refractivity contribution in [3.05, 3.63) is 68.7 Å². The molecule has 1 heterocycles. The predicted molar refractivity (Wildman–Crippen MR) is 93.3 cm³/mol. The fraction of sp³-hybridized carbons (Fsp3) is 0.333. The van der Waals surface area contributed by atoms with Crippen LogP contribution < -0.4 is 5.32 Å². The molecule has 2 aromatic carbocycles. The SMILES string of the molecule is Cc1ccc(C2CCNCC2c2ccc(Cl)cc2)c(Br)c1. The van der Waals surface area contributed by atoms with Crippen LogP contribution in [-0.2, 0) is 0 Å². The third-order valence-electron chi connectivity index (χ3n) is 4.34. The summed E-state index contributed by atoms with van der Waals surface area (Å²) in [6, 6.07) is 15.0. The van der Waals surface area contributed by atoms with Gasteiger partial charge in [-0.05, 0) is 60.7 Å². The predicted octanol–water partition coefficient (Wildman–Crippen LogP) is 5.27. The molecular formula is C18H19BrClN. The van der Waals surface area contributed by atoms with E-state index in [2.05, 4.69) is 58.5 Å². The van der Waals surface area contributed by atoms with Crippen LogP contribution in [0, 0.1) is 6.92 Å². The Morgan fingerprint density at radius 1 is 1.10 bits per heavy atom. The van der Waals surface area contributed by atoms with Gasteiger partial charge in [0.15, 0.2) is 0 Å². The molecule has 1 aliphatic heterocycles. The molecule has 0 radical (unpaired) electrons. The van der Waals surface area contributed by atoms with E-state index in [0.29, 0.717) is 11.8 Å². The Labute approximate surface area is 139 Å². The molecule has 1 fully saturated rings. The van der Waals surface area contributed by atoms with Crippen molar-refractivity contribution in [3.8, 4) is 0 Å². The van der Waals surface area contributed by atoms with Crippen molar-refractivity contribution < 1.29 is 0 Å². The number of aryl methyl sites for hydroxylation is 1. The summed E-state index contributed by atoms with van der Waals surface area (Å²) in [5.41, 5.74) is 4.08. The van der Waals surface area contributed by atoms with Gasteiger partial charge in [0.05, 0.1) is 0 Å². The molecular weight excluding hydrogens is 346 g/mol. The standard InChI is InChI=1S/C18H19BrClN/c1-12-2-7-16(18(19)10-12)15-8-9-21-11-17(15)13-3-5-14(20)6-4-13/h2-7,10,15,17,21H,8-9,11H2,1H3. The lowest BCUT2D eigenvalue weighted by molar-refractivity contribution is 0.403. The monoisotopic (exact) mass is 363 g/mol. The summed E-state index contributed by atoms with van der Waals surface area (Å²) in [5.74, 6) is 1.04. The molecule has 1 aliphatic rings. The second-order valence-corrected chi connectivity index (χ2v) is 7.07. The van der Waals surface area contributed by atoms with Crippen molar-refractivity contribution in [1.82, 2.24) is 5.32 Å². The van der Waals surface area contributed by atoms with Gasteiger partial charge in [0, 0.05) is 22.0 Å². The Bertz CT molecular complexity index is 624. The van der Waals surface area contributed by atoms with Crippen molar-refractivity contribution in [2.45, 2.75) is 25.2 Å². The van der Waals surface area contributed by atoms with Crippen LogP contribution in [0.4, 0.5) is 0 Å². The molecule has 0 bridgehead atoms. The van der Waals surface area contributed by atoms with Crippen molar-refractivity contribution in [2.24, 2.45) is 0 Å². The minimum Gasteiger partial charge on any atom is -0.316 e. The average molecular weight is 365 g/mol.